The SMILES string of the molecule is CC1(C)c2ccccc2-c2ccc(N(c3ccc4ccccc4c3N3c4ccccc4C(C)(C)c4ccc(-c5ccccc5)cc43)c3cccc4ccccc34)cc21. The van der Waals surface area contributed by atoms with Crippen LogP contribution in [0.25, 0.3) is 43.8 Å². The number of fused-ring (bicyclic) bond motifs is 7. The van der Waals surface area contributed by atoms with E-state index in [-0.39, 0.29) is 10.8 Å². The average molecular weight is 745 g/mol. The van der Waals surface area contributed by atoms with Crippen LogP contribution in [0, 0.1) is 0 Å². The first-order valence-electron chi connectivity index (χ1n) is 20.4. The van der Waals surface area contributed by atoms with E-state index in [0.717, 1.165) is 22.7 Å². The van der Waals surface area contributed by atoms with Crippen LogP contribution in [0.5, 0.6) is 0 Å². The van der Waals surface area contributed by atoms with E-state index in [0.29, 0.717) is 0 Å². The van der Waals surface area contributed by atoms with E-state index in [2.05, 4.69) is 232 Å². The summed E-state index contributed by atoms with van der Waals surface area (Å²) in [6.07, 6.45) is 0. The van der Waals surface area contributed by atoms with Crippen molar-refractivity contribution in [1.82, 2.24) is 0 Å². The molecule has 2 aliphatic rings. The Morgan fingerprint density at radius 1 is 0.379 bits per heavy atom. The molecular weight excluding hydrogens is 701 g/mol. The van der Waals surface area contributed by atoms with Gasteiger partial charge in [0.05, 0.1) is 28.4 Å². The number of para-hydroxylation sites is 1. The molecule has 9 aromatic rings. The first kappa shape index (κ1) is 34.4. The second kappa shape index (κ2) is 12.8. The van der Waals surface area contributed by atoms with Gasteiger partial charge in [0, 0.05) is 27.3 Å². The van der Waals surface area contributed by atoms with Gasteiger partial charge in [-0.15, -0.1) is 0 Å². The molecular formula is C56H44N2. The van der Waals surface area contributed by atoms with Gasteiger partial charge in [-0.25, -0.2) is 0 Å². The van der Waals surface area contributed by atoms with Crippen molar-refractivity contribution in [1.29, 1.82) is 0 Å². The molecule has 2 heteroatoms. The lowest BCUT2D eigenvalue weighted by molar-refractivity contribution is 0.632. The summed E-state index contributed by atoms with van der Waals surface area (Å²) in [5.41, 5.74) is 17.0. The minimum atomic E-state index is -0.224. The predicted molar refractivity (Wildman–Crippen MR) is 246 cm³/mol. The molecule has 278 valence electrons. The molecule has 0 N–H and O–H groups in total. The van der Waals surface area contributed by atoms with Crippen molar-refractivity contribution < 1.29 is 0 Å². The first-order chi connectivity index (χ1) is 28.3. The number of hydrogen-bond donors (Lipinski definition) is 0. The summed E-state index contributed by atoms with van der Waals surface area (Å²) in [6, 6.07) is 72.1. The quantitative estimate of drug-likeness (QED) is 0.173. The standard InChI is InChI=1S/C56H44N2/c1-55(2)46-25-13-12-24-44(46)45-32-31-41(36-49(45)55)57(50-28-16-21-38-19-8-10-22-42(38)50)52-34-30-39-20-9-11-23-43(39)54(52)58-51-27-15-14-26-47(51)56(3,4)48-33-29-40(35-53(48)58)37-17-6-5-7-18-37/h5-36H,1-4H3. The number of rotatable bonds is 5. The van der Waals surface area contributed by atoms with Crippen LogP contribution in [0.4, 0.5) is 34.1 Å². The summed E-state index contributed by atoms with van der Waals surface area (Å²) >= 11 is 0. The maximum atomic E-state index is 2.57. The lowest BCUT2D eigenvalue weighted by Gasteiger charge is -2.44. The van der Waals surface area contributed by atoms with Crippen molar-refractivity contribution in [3.8, 4) is 22.3 Å². The van der Waals surface area contributed by atoms with Gasteiger partial charge in [-0.3, -0.25) is 0 Å². The molecule has 1 aliphatic heterocycles. The molecule has 1 aliphatic carbocycles. The number of anilines is 6. The molecule has 0 saturated heterocycles. The lowest BCUT2D eigenvalue weighted by atomic mass is 9.73. The number of nitrogens with zero attached hydrogens (tertiary/aromatic N) is 2. The van der Waals surface area contributed by atoms with Crippen LogP contribution >= 0.6 is 0 Å². The van der Waals surface area contributed by atoms with Crippen LogP contribution in [-0.4, -0.2) is 0 Å². The van der Waals surface area contributed by atoms with E-state index in [9.17, 15) is 0 Å². The highest BCUT2D eigenvalue weighted by Gasteiger charge is 2.40. The molecule has 9 aromatic carbocycles. The Hall–Kier alpha value is -6.90. The minimum Gasteiger partial charge on any atom is -0.308 e. The highest BCUT2D eigenvalue weighted by Crippen LogP contribution is 2.58. The molecule has 0 atom stereocenters. The Kier molecular flexibility index (Phi) is 7.59. The summed E-state index contributed by atoms with van der Waals surface area (Å²) in [6.45, 7) is 9.50. The molecule has 0 aromatic heterocycles. The highest BCUT2D eigenvalue weighted by molar-refractivity contribution is 6.10. The zero-order valence-corrected chi connectivity index (χ0v) is 33.4. The third-order valence-corrected chi connectivity index (χ3v) is 13.0. The smallest absolute Gasteiger partial charge is 0.0781 e. The molecule has 0 amide bonds. The molecule has 0 bridgehead atoms. The van der Waals surface area contributed by atoms with E-state index in [1.165, 1.54) is 77.4 Å². The monoisotopic (exact) mass is 744 g/mol. The van der Waals surface area contributed by atoms with Crippen molar-refractivity contribution in [3.63, 3.8) is 0 Å². The average Bonchev–Trinajstić information content (AvgIpc) is 3.49. The van der Waals surface area contributed by atoms with Gasteiger partial charge in [-0.05, 0) is 91.7 Å². The Morgan fingerprint density at radius 2 is 1.00 bits per heavy atom. The van der Waals surface area contributed by atoms with Gasteiger partial charge in [0.1, 0.15) is 0 Å². The van der Waals surface area contributed by atoms with E-state index < -0.39 is 0 Å². The van der Waals surface area contributed by atoms with Gasteiger partial charge in [-0.1, -0.05) is 185 Å². The third kappa shape index (κ3) is 5.04. The fraction of sp³-hybridized carbons (Fsp3) is 0.107. The molecule has 2 nitrogen and oxygen atoms in total. The van der Waals surface area contributed by atoms with Crippen LogP contribution in [0.3, 0.4) is 0 Å². The van der Waals surface area contributed by atoms with Gasteiger partial charge in [0.15, 0.2) is 0 Å². The van der Waals surface area contributed by atoms with Crippen LogP contribution in [0.2, 0.25) is 0 Å². The van der Waals surface area contributed by atoms with Crippen LogP contribution in [0.1, 0.15) is 49.9 Å². The molecule has 0 saturated carbocycles. The molecule has 0 unspecified atom stereocenters. The summed E-state index contributed by atoms with van der Waals surface area (Å²) < 4.78 is 0. The summed E-state index contributed by atoms with van der Waals surface area (Å²) in [5, 5.41) is 4.82. The van der Waals surface area contributed by atoms with E-state index >= 15 is 0 Å². The lowest BCUT2D eigenvalue weighted by Crippen LogP contribution is -2.31. The van der Waals surface area contributed by atoms with Crippen molar-refractivity contribution in [2.75, 3.05) is 9.80 Å². The Morgan fingerprint density at radius 3 is 1.83 bits per heavy atom. The zero-order chi connectivity index (χ0) is 39.2. The van der Waals surface area contributed by atoms with Gasteiger partial charge in [-0.2, -0.15) is 0 Å². The maximum Gasteiger partial charge on any atom is 0.0781 e. The van der Waals surface area contributed by atoms with Crippen molar-refractivity contribution in [2.45, 2.75) is 38.5 Å². The Labute approximate surface area is 341 Å². The molecule has 1 heterocycles. The molecule has 0 radical (unpaired) electrons. The number of benzene rings is 9. The third-order valence-electron chi connectivity index (χ3n) is 13.0. The van der Waals surface area contributed by atoms with Crippen LogP contribution in [0.15, 0.2) is 194 Å². The minimum absolute atomic E-state index is 0.150. The number of hydrogen-bond acceptors (Lipinski definition) is 2. The maximum absolute atomic E-state index is 2.57. The highest BCUT2D eigenvalue weighted by atomic mass is 15.2. The van der Waals surface area contributed by atoms with Gasteiger partial charge in [0.25, 0.3) is 0 Å². The summed E-state index contributed by atoms with van der Waals surface area (Å²) in [5.74, 6) is 0. The molecule has 0 spiro atoms. The fourth-order valence-corrected chi connectivity index (χ4v) is 10.1. The second-order valence-electron chi connectivity index (χ2n) is 17.0. The van der Waals surface area contributed by atoms with E-state index in [4.69, 9.17) is 0 Å². The van der Waals surface area contributed by atoms with Gasteiger partial charge in [0.2, 0.25) is 0 Å². The van der Waals surface area contributed by atoms with E-state index in [1.807, 2.05) is 0 Å². The zero-order valence-electron chi connectivity index (χ0n) is 33.4. The van der Waals surface area contributed by atoms with E-state index in [1.54, 1.807) is 0 Å². The van der Waals surface area contributed by atoms with Crippen LogP contribution in [-0.2, 0) is 10.8 Å². The normalized spacial score (nSPS) is 14.4. The summed E-state index contributed by atoms with van der Waals surface area (Å²) in [7, 11) is 0. The largest absolute Gasteiger partial charge is 0.308 e. The Bertz CT molecular complexity index is 3080. The topological polar surface area (TPSA) is 6.48 Å². The van der Waals surface area contributed by atoms with Crippen molar-refractivity contribution in [2.24, 2.45) is 0 Å². The fourth-order valence-electron chi connectivity index (χ4n) is 10.1. The molecule has 0 fully saturated rings. The van der Waals surface area contributed by atoms with Crippen molar-refractivity contribution >= 4 is 55.7 Å². The predicted octanol–water partition coefficient (Wildman–Crippen LogP) is 15.5. The Balaban J connectivity index is 1.25. The van der Waals surface area contributed by atoms with Crippen LogP contribution < -0.4 is 9.80 Å². The molecule has 11 rings (SSSR count). The van der Waals surface area contributed by atoms with Gasteiger partial charge < -0.3 is 9.80 Å². The second-order valence-corrected chi connectivity index (χ2v) is 17.0. The van der Waals surface area contributed by atoms with Gasteiger partial charge >= 0.3 is 0 Å². The molecule has 58 heavy (non-hydrogen) atoms. The first-order valence-corrected chi connectivity index (χ1v) is 20.4. The van der Waals surface area contributed by atoms with Crippen molar-refractivity contribution in [3.05, 3.63) is 216 Å². The summed E-state index contributed by atoms with van der Waals surface area (Å²) in [4.78, 5) is 5.11.